The van der Waals surface area contributed by atoms with Crippen molar-refractivity contribution in [3.05, 3.63) is 28.7 Å². The van der Waals surface area contributed by atoms with Crippen LogP contribution in [0.5, 0.6) is 0 Å². The number of aliphatic hydroxyl groups excluding tert-OH is 1. The smallest absolute Gasteiger partial charge is 0.308 e. The maximum Gasteiger partial charge on any atom is 0.308 e. The van der Waals surface area contributed by atoms with Crippen LogP contribution in [0.15, 0.2) is 28.7 Å². The number of carbonyl (C=O) groups excluding carboxylic acids is 1. The highest BCUT2D eigenvalue weighted by Gasteiger charge is 2.14. The van der Waals surface area contributed by atoms with Crippen molar-refractivity contribution in [3.8, 4) is 0 Å². The minimum Gasteiger partial charge on any atom is -0.469 e. The molecule has 1 N–H and O–H groups in total. The van der Waals surface area contributed by atoms with Crippen LogP contribution in [0.2, 0.25) is 0 Å². The molecule has 0 fully saturated rings. The van der Waals surface area contributed by atoms with Crippen LogP contribution < -0.4 is 4.90 Å². The average Bonchev–Trinajstić information content (AvgIpc) is 2.29. The van der Waals surface area contributed by atoms with Gasteiger partial charge in [0.2, 0.25) is 0 Å². The first-order chi connectivity index (χ1) is 8.04. The Morgan fingerprint density at radius 1 is 1.53 bits per heavy atom. The summed E-state index contributed by atoms with van der Waals surface area (Å²) in [6.45, 7) is 0.373. The molecule has 4 nitrogen and oxygen atoms in total. The van der Waals surface area contributed by atoms with Gasteiger partial charge in [0.25, 0.3) is 0 Å². The molecule has 1 aromatic rings. The van der Waals surface area contributed by atoms with Crippen LogP contribution in [0.3, 0.4) is 0 Å². The van der Waals surface area contributed by atoms with Crippen LogP contribution in [-0.2, 0) is 9.53 Å². The highest BCUT2D eigenvalue weighted by molar-refractivity contribution is 9.10. The SMILES string of the molecule is COC(=O)CC(O)CN(C)c1ccccc1Br. The summed E-state index contributed by atoms with van der Waals surface area (Å²) in [5, 5.41) is 9.72. The summed E-state index contributed by atoms with van der Waals surface area (Å²) in [5.41, 5.74) is 0.969. The molecule has 0 spiro atoms. The summed E-state index contributed by atoms with van der Waals surface area (Å²) in [7, 11) is 3.17. The lowest BCUT2D eigenvalue weighted by molar-refractivity contribution is -0.142. The maximum absolute atomic E-state index is 11.0. The van der Waals surface area contributed by atoms with Gasteiger partial charge < -0.3 is 14.7 Å². The number of likely N-dealkylation sites (N-methyl/N-ethyl adjacent to an activating group) is 1. The zero-order valence-electron chi connectivity index (χ0n) is 9.89. The fraction of sp³-hybridized carbons (Fsp3) is 0.417. The number of methoxy groups -OCH3 is 1. The summed E-state index contributed by atoms with van der Waals surface area (Å²) >= 11 is 3.44. The van der Waals surface area contributed by atoms with Gasteiger partial charge in [-0.3, -0.25) is 4.79 Å². The molecule has 1 rings (SSSR count). The third-order valence-corrected chi connectivity index (χ3v) is 3.05. The van der Waals surface area contributed by atoms with Crippen molar-refractivity contribution in [2.24, 2.45) is 0 Å². The van der Waals surface area contributed by atoms with Crippen molar-refractivity contribution in [3.63, 3.8) is 0 Å². The molecule has 0 amide bonds. The van der Waals surface area contributed by atoms with E-state index in [1.165, 1.54) is 7.11 Å². The van der Waals surface area contributed by atoms with E-state index < -0.39 is 12.1 Å². The zero-order valence-corrected chi connectivity index (χ0v) is 11.5. The Labute approximate surface area is 109 Å². The minimum absolute atomic E-state index is 0.00525. The minimum atomic E-state index is -0.737. The van der Waals surface area contributed by atoms with Gasteiger partial charge in [0, 0.05) is 18.1 Å². The zero-order chi connectivity index (χ0) is 12.8. The Kier molecular flexibility index (Phi) is 5.44. The van der Waals surface area contributed by atoms with Gasteiger partial charge >= 0.3 is 5.97 Å². The van der Waals surface area contributed by atoms with Gasteiger partial charge in [0.15, 0.2) is 0 Å². The van der Waals surface area contributed by atoms with Gasteiger partial charge in [-0.2, -0.15) is 0 Å². The van der Waals surface area contributed by atoms with E-state index in [0.29, 0.717) is 6.54 Å². The van der Waals surface area contributed by atoms with Gasteiger partial charge in [0.05, 0.1) is 25.3 Å². The molecule has 0 heterocycles. The fourth-order valence-corrected chi connectivity index (χ4v) is 2.10. The standard InChI is InChI=1S/C12H16BrNO3/c1-14(8-9(15)7-12(16)17-2)11-6-4-3-5-10(11)13/h3-6,9,15H,7-8H2,1-2H3. The lowest BCUT2D eigenvalue weighted by Crippen LogP contribution is -2.31. The second-order valence-corrected chi connectivity index (χ2v) is 4.62. The van der Waals surface area contributed by atoms with E-state index in [2.05, 4.69) is 20.7 Å². The van der Waals surface area contributed by atoms with E-state index >= 15 is 0 Å². The first kappa shape index (κ1) is 14.0. The lowest BCUT2D eigenvalue weighted by atomic mass is 10.2. The molecule has 0 saturated heterocycles. The Morgan fingerprint density at radius 2 is 2.18 bits per heavy atom. The summed E-state index contributed by atoms with van der Waals surface area (Å²) in [5.74, 6) is -0.405. The maximum atomic E-state index is 11.0. The van der Waals surface area contributed by atoms with Crippen LogP contribution in [0.1, 0.15) is 6.42 Å². The molecule has 0 aliphatic carbocycles. The number of rotatable bonds is 5. The molecule has 0 aliphatic rings. The molecular formula is C12H16BrNO3. The van der Waals surface area contributed by atoms with Crippen molar-refractivity contribution < 1.29 is 14.6 Å². The number of carbonyl (C=O) groups is 1. The second kappa shape index (κ2) is 6.61. The van der Waals surface area contributed by atoms with Gasteiger partial charge in [-0.25, -0.2) is 0 Å². The van der Waals surface area contributed by atoms with E-state index in [0.717, 1.165) is 10.2 Å². The first-order valence-electron chi connectivity index (χ1n) is 5.25. The Bertz CT molecular complexity index is 384. The van der Waals surface area contributed by atoms with Gasteiger partial charge in [-0.1, -0.05) is 12.1 Å². The van der Waals surface area contributed by atoms with E-state index in [9.17, 15) is 9.90 Å². The molecule has 5 heteroatoms. The monoisotopic (exact) mass is 301 g/mol. The molecule has 0 aliphatic heterocycles. The summed E-state index contributed by atoms with van der Waals surface area (Å²) in [6, 6.07) is 7.71. The predicted molar refractivity (Wildman–Crippen MR) is 70.1 cm³/mol. The fourth-order valence-electron chi connectivity index (χ4n) is 1.52. The lowest BCUT2D eigenvalue weighted by Gasteiger charge is -2.23. The van der Waals surface area contributed by atoms with Crippen molar-refractivity contribution >= 4 is 27.6 Å². The second-order valence-electron chi connectivity index (χ2n) is 3.77. The van der Waals surface area contributed by atoms with Crippen LogP contribution in [0.25, 0.3) is 0 Å². The number of hydrogen-bond acceptors (Lipinski definition) is 4. The molecule has 1 unspecified atom stereocenters. The number of benzene rings is 1. The number of halogens is 1. The summed E-state index contributed by atoms with van der Waals surface area (Å²) in [6.07, 6.45) is -0.731. The number of aliphatic hydroxyl groups is 1. The van der Waals surface area contributed by atoms with Crippen LogP contribution in [0, 0.1) is 0 Å². The molecule has 94 valence electrons. The van der Waals surface area contributed by atoms with E-state index in [-0.39, 0.29) is 6.42 Å². The molecular weight excluding hydrogens is 286 g/mol. The van der Waals surface area contributed by atoms with Gasteiger partial charge in [-0.05, 0) is 28.1 Å². The van der Waals surface area contributed by atoms with Gasteiger partial charge in [0.1, 0.15) is 0 Å². The number of hydrogen-bond donors (Lipinski definition) is 1. The van der Waals surface area contributed by atoms with Crippen LogP contribution in [-0.4, -0.2) is 37.9 Å². The van der Waals surface area contributed by atoms with Crippen molar-refractivity contribution in [1.82, 2.24) is 0 Å². The molecule has 0 bridgehead atoms. The highest BCUT2D eigenvalue weighted by Crippen LogP contribution is 2.24. The summed E-state index contributed by atoms with van der Waals surface area (Å²) < 4.78 is 5.46. The Morgan fingerprint density at radius 3 is 2.76 bits per heavy atom. The van der Waals surface area contributed by atoms with Crippen molar-refractivity contribution in [2.75, 3.05) is 25.6 Å². The number of ether oxygens (including phenoxy) is 1. The van der Waals surface area contributed by atoms with Gasteiger partial charge in [-0.15, -0.1) is 0 Å². The summed E-state index contributed by atoms with van der Waals surface area (Å²) in [4.78, 5) is 12.9. The molecule has 0 aromatic heterocycles. The number of anilines is 1. The molecule has 1 aromatic carbocycles. The average molecular weight is 302 g/mol. The van der Waals surface area contributed by atoms with E-state index in [1.54, 1.807) is 0 Å². The van der Waals surface area contributed by atoms with Crippen LogP contribution >= 0.6 is 15.9 Å². The molecule has 1 atom stereocenters. The topological polar surface area (TPSA) is 49.8 Å². The van der Waals surface area contributed by atoms with E-state index in [1.807, 2.05) is 36.2 Å². The Balaban J connectivity index is 2.57. The first-order valence-corrected chi connectivity index (χ1v) is 6.04. The Hall–Kier alpha value is -1.07. The third-order valence-electron chi connectivity index (χ3n) is 2.38. The normalized spacial score (nSPS) is 12.0. The number of esters is 1. The predicted octanol–water partition coefficient (Wildman–Crippen LogP) is 1.81. The van der Waals surface area contributed by atoms with E-state index in [4.69, 9.17) is 0 Å². The highest BCUT2D eigenvalue weighted by atomic mass is 79.9. The molecule has 0 saturated carbocycles. The quantitative estimate of drug-likeness (QED) is 0.843. The number of nitrogens with zero attached hydrogens (tertiary/aromatic N) is 1. The van der Waals surface area contributed by atoms with Crippen LogP contribution in [0.4, 0.5) is 5.69 Å². The largest absolute Gasteiger partial charge is 0.469 e. The molecule has 0 radical (unpaired) electrons. The molecule has 17 heavy (non-hydrogen) atoms. The van der Waals surface area contributed by atoms with Crippen molar-refractivity contribution in [2.45, 2.75) is 12.5 Å². The third kappa shape index (κ3) is 4.36. The number of para-hydroxylation sites is 1. The van der Waals surface area contributed by atoms with Crippen molar-refractivity contribution in [1.29, 1.82) is 0 Å².